The summed E-state index contributed by atoms with van der Waals surface area (Å²) in [5, 5.41) is 12.4. The second-order valence-corrected chi connectivity index (χ2v) is 7.73. The van der Waals surface area contributed by atoms with E-state index in [9.17, 15) is 9.59 Å². The first-order chi connectivity index (χ1) is 12.9. The summed E-state index contributed by atoms with van der Waals surface area (Å²) in [6.45, 7) is 6.04. The normalized spacial score (nSPS) is 17.3. The molecule has 2 aliphatic rings. The molecule has 0 radical (unpaired) electrons. The lowest BCUT2D eigenvalue weighted by atomic mass is 9.92. The minimum Gasteiger partial charge on any atom is -0.351 e. The van der Waals surface area contributed by atoms with Crippen LogP contribution >= 0.6 is 11.6 Å². The first-order valence-corrected chi connectivity index (χ1v) is 9.61. The summed E-state index contributed by atoms with van der Waals surface area (Å²) in [6.07, 6.45) is 4.99. The molecule has 1 aliphatic heterocycles. The zero-order valence-electron chi connectivity index (χ0n) is 15.8. The molecule has 3 rings (SSSR count). The molecule has 1 N–H and O–H groups in total. The van der Waals surface area contributed by atoms with Crippen molar-refractivity contribution in [1.29, 1.82) is 5.26 Å². The topological polar surface area (TPSA) is 86.1 Å². The number of hydrogen-bond donors (Lipinski definition) is 1. The van der Waals surface area contributed by atoms with Crippen LogP contribution in [-0.4, -0.2) is 33.8 Å². The van der Waals surface area contributed by atoms with Crippen LogP contribution in [-0.2, 0) is 22.6 Å². The maximum Gasteiger partial charge on any atom is 0.255 e. The van der Waals surface area contributed by atoms with Gasteiger partial charge in [-0.2, -0.15) is 5.26 Å². The average molecular weight is 387 g/mol. The lowest BCUT2D eigenvalue weighted by Gasteiger charge is -2.38. The van der Waals surface area contributed by atoms with Gasteiger partial charge in [0.05, 0.1) is 23.2 Å². The minimum absolute atomic E-state index is 0.0859. The van der Waals surface area contributed by atoms with E-state index in [0.717, 1.165) is 16.8 Å². The van der Waals surface area contributed by atoms with Gasteiger partial charge in [-0.3, -0.25) is 14.6 Å². The highest BCUT2D eigenvalue weighted by atomic mass is 35.5. The standard InChI is InChI=1S/C20H23ClN4O2/c1-4-12(7-8-22)24-19(26)18(11(2)3)25-10-14-15(21)9-23-16-6-5-13(17(14)16)20(25)27/h5,9,11-12,18H,4,6-7,10H2,1-3H3,(H,24,26)/t12-,18+/m0/s1. The Balaban J connectivity index is 1.93. The summed E-state index contributed by atoms with van der Waals surface area (Å²) in [7, 11) is 0. The molecule has 2 heterocycles. The fourth-order valence-electron chi connectivity index (χ4n) is 3.81. The smallest absolute Gasteiger partial charge is 0.255 e. The number of carbonyl (C=O) groups excluding carboxylic acids is 2. The Morgan fingerprint density at radius 2 is 2.22 bits per heavy atom. The maximum atomic E-state index is 13.1. The van der Waals surface area contributed by atoms with Gasteiger partial charge in [0.2, 0.25) is 5.91 Å². The van der Waals surface area contributed by atoms with E-state index >= 15 is 0 Å². The van der Waals surface area contributed by atoms with Gasteiger partial charge in [-0.1, -0.05) is 38.4 Å². The van der Waals surface area contributed by atoms with Crippen LogP contribution in [0.3, 0.4) is 0 Å². The van der Waals surface area contributed by atoms with Crippen LogP contribution in [0.2, 0.25) is 5.02 Å². The maximum absolute atomic E-state index is 13.1. The molecule has 0 fully saturated rings. The summed E-state index contributed by atoms with van der Waals surface area (Å²) >= 11 is 6.37. The number of nitriles is 1. The Morgan fingerprint density at radius 1 is 1.48 bits per heavy atom. The van der Waals surface area contributed by atoms with Crippen LogP contribution in [0.5, 0.6) is 0 Å². The molecule has 2 atom stereocenters. The highest BCUT2D eigenvalue weighted by Gasteiger charge is 2.41. The molecule has 27 heavy (non-hydrogen) atoms. The number of amides is 2. The van der Waals surface area contributed by atoms with Crippen LogP contribution in [0.25, 0.3) is 5.57 Å². The number of pyridine rings is 1. The van der Waals surface area contributed by atoms with E-state index in [2.05, 4.69) is 16.4 Å². The molecule has 6 nitrogen and oxygen atoms in total. The van der Waals surface area contributed by atoms with Crippen molar-refractivity contribution in [2.24, 2.45) is 5.92 Å². The zero-order valence-corrected chi connectivity index (χ0v) is 16.5. The SMILES string of the molecule is CC[C@@H](CC#N)NC(=O)[C@@H](C(C)C)N1Cc2c(Cl)cnc3c2C(=CC3)C1=O. The molecule has 0 saturated carbocycles. The quantitative estimate of drug-likeness (QED) is 0.814. The number of rotatable bonds is 6. The number of carbonyl (C=O) groups is 2. The van der Waals surface area contributed by atoms with Crippen molar-refractivity contribution < 1.29 is 9.59 Å². The van der Waals surface area contributed by atoms with Gasteiger partial charge in [-0.25, -0.2) is 0 Å². The van der Waals surface area contributed by atoms with E-state index in [1.165, 1.54) is 0 Å². The Morgan fingerprint density at radius 3 is 2.85 bits per heavy atom. The number of allylic oxidation sites excluding steroid dienone is 1. The van der Waals surface area contributed by atoms with Crippen molar-refractivity contribution in [1.82, 2.24) is 15.2 Å². The van der Waals surface area contributed by atoms with Gasteiger partial charge in [0.25, 0.3) is 5.91 Å². The van der Waals surface area contributed by atoms with Crippen molar-refractivity contribution in [3.05, 3.63) is 34.1 Å². The Bertz CT molecular complexity index is 856. The van der Waals surface area contributed by atoms with E-state index in [-0.39, 0.29) is 36.7 Å². The molecule has 0 spiro atoms. The van der Waals surface area contributed by atoms with Gasteiger partial charge in [-0.05, 0) is 12.3 Å². The Hall–Kier alpha value is -2.39. The third-order valence-electron chi connectivity index (χ3n) is 5.21. The third-order valence-corrected chi connectivity index (χ3v) is 5.54. The molecule has 2 amide bonds. The van der Waals surface area contributed by atoms with Gasteiger partial charge in [0, 0.05) is 41.9 Å². The molecular weight excluding hydrogens is 364 g/mol. The van der Waals surface area contributed by atoms with E-state index in [1.807, 2.05) is 26.8 Å². The molecule has 1 aromatic heterocycles. The number of nitrogens with one attached hydrogen (secondary N) is 1. The fourth-order valence-corrected chi connectivity index (χ4v) is 4.02. The first-order valence-electron chi connectivity index (χ1n) is 9.24. The van der Waals surface area contributed by atoms with E-state index in [4.69, 9.17) is 16.9 Å². The Kier molecular flexibility index (Phi) is 5.52. The van der Waals surface area contributed by atoms with Crippen molar-refractivity contribution >= 4 is 29.0 Å². The lowest BCUT2D eigenvalue weighted by molar-refractivity contribution is -0.139. The van der Waals surface area contributed by atoms with Crippen LogP contribution in [0.1, 0.15) is 50.4 Å². The minimum atomic E-state index is -0.632. The first kappa shape index (κ1) is 19.4. The summed E-state index contributed by atoms with van der Waals surface area (Å²) in [4.78, 5) is 32.1. The molecule has 0 unspecified atom stereocenters. The molecule has 1 aromatic rings. The van der Waals surface area contributed by atoms with E-state index in [0.29, 0.717) is 23.4 Å². The highest BCUT2D eigenvalue weighted by molar-refractivity contribution is 6.32. The second kappa shape index (κ2) is 7.69. The van der Waals surface area contributed by atoms with Gasteiger partial charge in [0.15, 0.2) is 0 Å². The zero-order chi connectivity index (χ0) is 19.7. The number of hydrogen-bond acceptors (Lipinski definition) is 4. The number of aromatic nitrogens is 1. The third kappa shape index (κ3) is 3.44. The molecule has 7 heteroatoms. The van der Waals surface area contributed by atoms with Crippen LogP contribution < -0.4 is 5.32 Å². The average Bonchev–Trinajstić information content (AvgIpc) is 3.06. The molecule has 0 aromatic carbocycles. The second-order valence-electron chi connectivity index (χ2n) is 7.33. The molecular formula is C20H23ClN4O2. The van der Waals surface area contributed by atoms with Gasteiger partial charge in [0.1, 0.15) is 6.04 Å². The van der Waals surface area contributed by atoms with Gasteiger partial charge >= 0.3 is 0 Å². The Labute approximate surface area is 164 Å². The van der Waals surface area contributed by atoms with Crippen LogP contribution in [0, 0.1) is 17.2 Å². The molecule has 0 bridgehead atoms. The molecule has 0 saturated heterocycles. The van der Waals surface area contributed by atoms with Crippen LogP contribution in [0.4, 0.5) is 0 Å². The number of halogens is 1. The fraction of sp³-hybridized carbons (Fsp3) is 0.500. The summed E-state index contributed by atoms with van der Waals surface area (Å²) in [5.74, 6) is -0.474. The van der Waals surface area contributed by atoms with Gasteiger partial charge < -0.3 is 10.2 Å². The number of nitrogens with zero attached hydrogens (tertiary/aromatic N) is 3. The van der Waals surface area contributed by atoms with Crippen molar-refractivity contribution in [2.45, 2.75) is 58.7 Å². The molecule has 1 aliphatic carbocycles. The predicted octanol–water partition coefficient (Wildman–Crippen LogP) is 2.85. The van der Waals surface area contributed by atoms with E-state index < -0.39 is 6.04 Å². The lowest BCUT2D eigenvalue weighted by Crippen LogP contribution is -2.55. The monoisotopic (exact) mass is 386 g/mol. The predicted molar refractivity (Wildman–Crippen MR) is 103 cm³/mol. The van der Waals surface area contributed by atoms with Crippen molar-refractivity contribution in [2.75, 3.05) is 0 Å². The molecule has 142 valence electrons. The summed E-state index contributed by atoms with van der Waals surface area (Å²) in [5.41, 5.74) is 3.14. The largest absolute Gasteiger partial charge is 0.351 e. The summed E-state index contributed by atoms with van der Waals surface area (Å²) < 4.78 is 0. The summed E-state index contributed by atoms with van der Waals surface area (Å²) in [6, 6.07) is 1.24. The van der Waals surface area contributed by atoms with Crippen molar-refractivity contribution in [3.63, 3.8) is 0 Å². The van der Waals surface area contributed by atoms with Gasteiger partial charge in [-0.15, -0.1) is 0 Å². The van der Waals surface area contributed by atoms with E-state index in [1.54, 1.807) is 11.1 Å². The highest BCUT2D eigenvalue weighted by Crippen LogP contribution is 2.39. The van der Waals surface area contributed by atoms with Crippen LogP contribution in [0.15, 0.2) is 12.3 Å². The van der Waals surface area contributed by atoms with Crippen molar-refractivity contribution in [3.8, 4) is 6.07 Å².